The zero-order valence-electron chi connectivity index (χ0n) is 12.1. The molecular weight excluding hydrogens is 256 g/mol. The van der Waals surface area contributed by atoms with Crippen LogP contribution in [0.1, 0.15) is 39.0 Å². The second-order valence-electron chi connectivity index (χ2n) is 5.35. The monoisotopic (exact) mass is 278 g/mol. The molecular formula is C15H22N2O3. The van der Waals surface area contributed by atoms with Gasteiger partial charge < -0.3 is 10.1 Å². The van der Waals surface area contributed by atoms with E-state index in [1.165, 1.54) is 25.3 Å². The summed E-state index contributed by atoms with van der Waals surface area (Å²) in [6.45, 7) is 2.20. The Hall–Kier alpha value is -1.78. The number of benzene rings is 1. The molecule has 1 N–H and O–H groups in total. The van der Waals surface area contributed by atoms with Crippen LogP contribution in [0.3, 0.4) is 0 Å². The van der Waals surface area contributed by atoms with Gasteiger partial charge in [0.05, 0.1) is 17.7 Å². The second-order valence-corrected chi connectivity index (χ2v) is 5.35. The highest BCUT2D eigenvalue weighted by Crippen LogP contribution is 2.34. The molecule has 5 nitrogen and oxygen atoms in total. The lowest BCUT2D eigenvalue weighted by atomic mass is 9.83. The summed E-state index contributed by atoms with van der Waals surface area (Å²) >= 11 is 0. The van der Waals surface area contributed by atoms with E-state index in [4.69, 9.17) is 4.74 Å². The molecule has 1 aliphatic carbocycles. The number of nitrogens with zero attached hydrogens (tertiary/aromatic N) is 1. The molecule has 1 fully saturated rings. The Morgan fingerprint density at radius 2 is 2.15 bits per heavy atom. The zero-order valence-corrected chi connectivity index (χ0v) is 12.1. The molecule has 1 aromatic rings. The van der Waals surface area contributed by atoms with Crippen molar-refractivity contribution < 1.29 is 9.66 Å². The van der Waals surface area contributed by atoms with Gasteiger partial charge in [-0.1, -0.05) is 26.2 Å². The normalized spacial score (nSPS) is 22.3. The average molecular weight is 278 g/mol. The fraction of sp³-hybridized carbons (Fsp3) is 0.600. The SMILES string of the molecule is CCC1CCCCC1Nc1cc([N+](=O)[O-])ccc1OC. The van der Waals surface area contributed by atoms with E-state index in [-0.39, 0.29) is 10.6 Å². The second kappa shape index (κ2) is 6.59. The van der Waals surface area contributed by atoms with Crippen molar-refractivity contribution in [1.29, 1.82) is 0 Å². The van der Waals surface area contributed by atoms with Crippen LogP contribution >= 0.6 is 0 Å². The minimum Gasteiger partial charge on any atom is -0.495 e. The summed E-state index contributed by atoms with van der Waals surface area (Å²) in [6, 6.07) is 5.08. The van der Waals surface area contributed by atoms with Crippen LogP contribution in [0.4, 0.5) is 11.4 Å². The maximum atomic E-state index is 10.9. The molecule has 5 heteroatoms. The highest BCUT2D eigenvalue weighted by molar-refractivity contribution is 5.62. The Morgan fingerprint density at radius 3 is 2.80 bits per heavy atom. The highest BCUT2D eigenvalue weighted by atomic mass is 16.6. The Bertz CT molecular complexity index is 476. The van der Waals surface area contributed by atoms with Gasteiger partial charge in [-0.2, -0.15) is 0 Å². The predicted octanol–water partition coefficient (Wildman–Crippen LogP) is 3.98. The van der Waals surface area contributed by atoms with Gasteiger partial charge >= 0.3 is 0 Å². The lowest BCUT2D eigenvalue weighted by Crippen LogP contribution is -2.31. The van der Waals surface area contributed by atoms with Crippen LogP contribution in [0, 0.1) is 16.0 Å². The topological polar surface area (TPSA) is 64.4 Å². The fourth-order valence-corrected chi connectivity index (χ4v) is 3.01. The molecule has 110 valence electrons. The molecule has 0 aromatic heterocycles. The number of ether oxygens (including phenoxy) is 1. The van der Waals surface area contributed by atoms with E-state index >= 15 is 0 Å². The molecule has 1 aromatic carbocycles. The first kappa shape index (κ1) is 14.6. The maximum absolute atomic E-state index is 10.9. The van der Waals surface area contributed by atoms with Gasteiger partial charge in [0.15, 0.2) is 0 Å². The molecule has 0 saturated heterocycles. The molecule has 2 unspecified atom stereocenters. The van der Waals surface area contributed by atoms with Crippen molar-refractivity contribution in [2.45, 2.75) is 45.1 Å². The lowest BCUT2D eigenvalue weighted by Gasteiger charge is -2.32. The molecule has 20 heavy (non-hydrogen) atoms. The Kier molecular flexibility index (Phi) is 4.82. The number of methoxy groups -OCH3 is 1. The van der Waals surface area contributed by atoms with E-state index in [1.54, 1.807) is 19.2 Å². The van der Waals surface area contributed by atoms with Crippen molar-refractivity contribution in [1.82, 2.24) is 0 Å². The third-order valence-corrected chi connectivity index (χ3v) is 4.17. The molecule has 0 heterocycles. The Balaban J connectivity index is 2.21. The number of non-ortho nitro benzene ring substituents is 1. The van der Waals surface area contributed by atoms with Gasteiger partial charge in [-0.25, -0.2) is 0 Å². The first-order chi connectivity index (χ1) is 9.65. The van der Waals surface area contributed by atoms with E-state index in [2.05, 4.69) is 12.2 Å². The number of nitro benzene ring substituents is 1. The lowest BCUT2D eigenvalue weighted by molar-refractivity contribution is -0.384. The van der Waals surface area contributed by atoms with Gasteiger partial charge in [0.25, 0.3) is 5.69 Å². The van der Waals surface area contributed by atoms with E-state index in [9.17, 15) is 10.1 Å². The van der Waals surface area contributed by atoms with Gasteiger partial charge in [0, 0.05) is 18.2 Å². The molecule has 2 rings (SSSR count). The van der Waals surface area contributed by atoms with Crippen molar-refractivity contribution in [2.75, 3.05) is 12.4 Å². The summed E-state index contributed by atoms with van der Waals surface area (Å²) in [5.74, 6) is 1.30. The van der Waals surface area contributed by atoms with Gasteiger partial charge in [-0.05, 0) is 24.8 Å². The first-order valence-electron chi connectivity index (χ1n) is 7.24. The molecule has 0 bridgehead atoms. The fourth-order valence-electron chi connectivity index (χ4n) is 3.01. The van der Waals surface area contributed by atoms with Crippen LogP contribution < -0.4 is 10.1 Å². The summed E-state index contributed by atoms with van der Waals surface area (Å²) in [6.07, 6.45) is 5.97. The predicted molar refractivity (Wildman–Crippen MR) is 79.3 cm³/mol. The molecule has 0 spiro atoms. The Morgan fingerprint density at radius 1 is 1.40 bits per heavy atom. The van der Waals surface area contributed by atoms with Gasteiger partial charge in [-0.15, -0.1) is 0 Å². The average Bonchev–Trinajstić information content (AvgIpc) is 2.47. The molecule has 2 atom stereocenters. The number of hydrogen-bond acceptors (Lipinski definition) is 4. The number of nitro groups is 1. The standard InChI is InChI=1S/C15H22N2O3/c1-3-11-6-4-5-7-13(11)16-14-10-12(17(18)19)8-9-15(14)20-2/h8-11,13,16H,3-7H2,1-2H3. The molecule has 0 amide bonds. The number of hydrogen-bond donors (Lipinski definition) is 1. The summed E-state index contributed by atoms with van der Waals surface area (Å²) in [5.41, 5.74) is 0.823. The van der Waals surface area contributed by atoms with Gasteiger partial charge in [0.2, 0.25) is 0 Å². The minimum atomic E-state index is -0.372. The quantitative estimate of drug-likeness (QED) is 0.653. The van der Waals surface area contributed by atoms with E-state index in [0.29, 0.717) is 17.7 Å². The number of rotatable bonds is 5. The third kappa shape index (κ3) is 3.21. The van der Waals surface area contributed by atoms with E-state index in [1.807, 2.05) is 0 Å². The van der Waals surface area contributed by atoms with Crippen LogP contribution in [0.25, 0.3) is 0 Å². The molecule has 1 saturated carbocycles. The minimum absolute atomic E-state index is 0.0946. The summed E-state index contributed by atoms with van der Waals surface area (Å²) in [4.78, 5) is 10.5. The first-order valence-corrected chi connectivity index (χ1v) is 7.24. The maximum Gasteiger partial charge on any atom is 0.271 e. The van der Waals surface area contributed by atoms with Crippen LogP contribution in [0.2, 0.25) is 0 Å². The van der Waals surface area contributed by atoms with Crippen LogP contribution in [0.5, 0.6) is 5.75 Å². The number of anilines is 1. The van der Waals surface area contributed by atoms with Crippen molar-refractivity contribution in [3.63, 3.8) is 0 Å². The van der Waals surface area contributed by atoms with Gasteiger partial charge in [-0.3, -0.25) is 10.1 Å². The number of nitrogens with one attached hydrogen (secondary N) is 1. The molecule has 0 aliphatic heterocycles. The van der Waals surface area contributed by atoms with Crippen molar-refractivity contribution in [2.24, 2.45) is 5.92 Å². The van der Waals surface area contributed by atoms with Crippen molar-refractivity contribution in [3.05, 3.63) is 28.3 Å². The van der Waals surface area contributed by atoms with Crippen LogP contribution in [0.15, 0.2) is 18.2 Å². The smallest absolute Gasteiger partial charge is 0.271 e. The highest BCUT2D eigenvalue weighted by Gasteiger charge is 2.24. The van der Waals surface area contributed by atoms with Crippen LogP contribution in [-0.4, -0.2) is 18.1 Å². The van der Waals surface area contributed by atoms with E-state index < -0.39 is 0 Å². The molecule has 1 aliphatic rings. The van der Waals surface area contributed by atoms with Crippen LogP contribution in [-0.2, 0) is 0 Å². The Labute approximate surface area is 119 Å². The zero-order chi connectivity index (χ0) is 14.5. The molecule has 0 radical (unpaired) electrons. The summed E-state index contributed by atoms with van der Waals surface area (Å²) in [7, 11) is 1.59. The van der Waals surface area contributed by atoms with Crippen molar-refractivity contribution in [3.8, 4) is 5.75 Å². The van der Waals surface area contributed by atoms with E-state index in [0.717, 1.165) is 18.5 Å². The summed E-state index contributed by atoms with van der Waals surface area (Å²) in [5, 5.41) is 14.4. The van der Waals surface area contributed by atoms with Crippen molar-refractivity contribution >= 4 is 11.4 Å². The van der Waals surface area contributed by atoms with Gasteiger partial charge in [0.1, 0.15) is 5.75 Å². The third-order valence-electron chi connectivity index (χ3n) is 4.17. The summed E-state index contributed by atoms with van der Waals surface area (Å²) < 4.78 is 5.31. The largest absolute Gasteiger partial charge is 0.495 e.